The van der Waals surface area contributed by atoms with Gasteiger partial charge in [-0.2, -0.15) is 5.10 Å². The Morgan fingerprint density at radius 2 is 2.15 bits per heavy atom. The predicted octanol–water partition coefficient (Wildman–Crippen LogP) is 4.36. The Balaban J connectivity index is 2.17. The summed E-state index contributed by atoms with van der Waals surface area (Å²) in [6.07, 6.45) is 0.806. The summed E-state index contributed by atoms with van der Waals surface area (Å²) in [4.78, 5) is 0. The fourth-order valence-corrected chi connectivity index (χ4v) is 3.33. The molecule has 1 aromatic heterocycles. The number of fused-ring (bicyclic) bond motifs is 5. The summed E-state index contributed by atoms with van der Waals surface area (Å²) in [6, 6.07) is 9.03. The topological polar surface area (TPSA) is 17.8 Å². The van der Waals surface area contributed by atoms with Crippen LogP contribution in [-0.4, -0.2) is 9.78 Å². The number of halogens is 2. The van der Waals surface area contributed by atoms with Gasteiger partial charge in [0.2, 0.25) is 0 Å². The van der Waals surface area contributed by atoms with Crippen molar-refractivity contribution in [1.29, 1.82) is 0 Å². The SMILES string of the molecule is Cc1cc(Cl)cc2c3n(nc12)CCc1cccc(F)c1-3. The molecule has 1 aliphatic rings. The maximum atomic E-state index is 14.3. The van der Waals surface area contributed by atoms with E-state index >= 15 is 0 Å². The number of aromatic nitrogens is 2. The minimum Gasteiger partial charge on any atom is -0.263 e. The number of nitrogens with zero attached hydrogens (tertiary/aromatic N) is 2. The number of benzene rings is 2. The fraction of sp³-hybridized carbons (Fsp3) is 0.188. The van der Waals surface area contributed by atoms with Gasteiger partial charge in [0, 0.05) is 22.5 Å². The standard InChI is InChI=1S/C16H12ClFN2/c1-9-7-11(17)8-12-15(9)19-20-6-5-10-3-2-4-13(18)14(10)16(12)20/h2-4,7-8H,5-6H2,1H3. The highest BCUT2D eigenvalue weighted by molar-refractivity contribution is 6.31. The molecule has 20 heavy (non-hydrogen) atoms. The fourth-order valence-electron chi connectivity index (χ4n) is 3.05. The zero-order chi connectivity index (χ0) is 13.9. The molecule has 0 bridgehead atoms. The van der Waals surface area contributed by atoms with Gasteiger partial charge in [0.1, 0.15) is 5.82 Å². The summed E-state index contributed by atoms with van der Waals surface area (Å²) in [6.45, 7) is 2.76. The van der Waals surface area contributed by atoms with E-state index in [0.29, 0.717) is 10.6 Å². The second kappa shape index (κ2) is 4.06. The molecule has 0 saturated heterocycles. The van der Waals surface area contributed by atoms with Crippen molar-refractivity contribution in [3.63, 3.8) is 0 Å². The first-order chi connectivity index (χ1) is 9.65. The molecule has 3 aromatic rings. The highest BCUT2D eigenvalue weighted by Gasteiger charge is 2.24. The summed E-state index contributed by atoms with van der Waals surface area (Å²) >= 11 is 6.16. The first-order valence-electron chi connectivity index (χ1n) is 6.59. The van der Waals surface area contributed by atoms with Gasteiger partial charge in [-0.25, -0.2) is 4.39 Å². The van der Waals surface area contributed by atoms with E-state index in [1.807, 2.05) is 29.8 Å². The van der Waals surface area contributed by atoms with Crippen molar-refractivity contribution in [2.75, 3.05) is 0 Å². The van der Waals surface area contributed by atoms with Crippen molar-refractivity contribution in [3.05, 3.63) is 52.3 Å². The molecule has 1 aliphatic heterocycles. The lowest BCUT2D eigenvalue weighted by atomic mass is 9.95. The van der Waals surface area contributed by atoms with Gasteiger partial charge in [-0.05, 0) is 42.7 Å². The molecule has 100 valence electrons. The highest BCUT2D eigenvalue weighted by Crippen LogP contribution is 2.38. The molecular formula is C16H12ClFN2. The average molecular weight is 287 g/mol. The Labute approximate surface area is 120 Å². The Bertz CT molecular complexity index is 851. The van der Waals surface area contributed by atoms with Crippen LogP contribution in [0, 0.1) is 12.7 Å². The van der Waals surface area contributed by atoms with Gasteiger partial charge in [0.05, 0.1) is 11.2 Å². The second-order valence-electron chi connectivity index (χ2n) is 5.21. The molecule has 0 aliphatic carbocycles. The van der Waals surface area contributed by atoms with E-state index in [9.17, 15) is 4.39 Å². The van der Waals surface area contributed by atoms with Crippen LogP contribution < -0.4 is 0 Å². The van der Waals surface area contributed by atoms with E-state index in [2.05, 4.69) is 5.10 Å². The van der Waals surface area contributed by atoms with Gasteiger partial charge in [0.15, 0.2) is 0 Å². The Hall–Kier alpha value is -1.87. The van der Waals surface area contributed by atoms with Crippen molar-refractivity contribution >= 4 is 22.5 Å². The highest BCUT2D eigenvalue weighted by atomic mass is 35.5. The maximum absolute atomic E-state index is 14.3. The summed E-state index contributed by atoms with van der Waals surface area (Å²) < 4.78 is 16.2. The van der Waals surface area contributed by atoms with Crippen LogP contribution in [0.15, 0.2) is 30.3 Å². The number of hydrogen-bond acceptors (Lipinski definition) is 1. The molecule has 4 rings (SSSR count). The average Bonchev–Trinajstić information content (AvgIpc) is 2.78. The van der Waals surface area contributed by atoms with Gasteiger partial charge in [0.25, 0.3) is 0 Å². The number of hydrogen-bond donors (Lipinski definition) is 0. The third-order valence-corrected chi connectivity index (χ3v) is 4.15. The summed E-state index contributed by atoms with van der Waals surface area (Å²) in [7, 11) is 0. The molecule has 0 N–H and O–H groups in total. The number of aryl methyl sites for hydroxylation is 3. The van der Waals surface area contributed by atoms with Crippen molar-refractivity contribution < 1.29 is 4.39 Å². The largest absolute Gasteiger partial charge is 0.263 e. The van der Waals surface area contributed by atoms with E-state index in [0.717, 1.165) is 40.7 Å². The summed E-state index contributed by atoms with van der Waals surface area (Å²) in [5.41, 5.74) is 4.48. The van der Waals surface area contributed by atoms with E-state index in [4.69, 9.17) is 11.6 Å². The predicted molar refractivity (Wildman–Crippen MR) is 78.6 cm³/mol. The molecule has 0 amide bonds. The van der Waals surface area contributed by atoms with Crippen molar-refractivity contribution in [2.45, 2.75) is 19.9 Å². The molecule has 2 aromatic carbocycles. The molecule has 0 fully saturated rings. The van der Waals surface area contributed by atoms with Crippen LogP contribution in [0.5, 0.6) is 0 Å². The quantitative estimate of drug-likeness (QED) is 0.600. The van der Waals surface area contributed by atoms with Gasteiger partial charge < -0.3 is 0 Å². The second-order valence-corrected chi connectivity index (χ2v) is 5.65. The monoisotopic (exact) mass is 286 g/mol. The van der Waals surface area contributed by atoms with Crippen molar-refractivity contribution in [2.24, 2.45) is 0 Å². The van der Waals surface area contributed by atoms with Crippen molar-refractivity contribution in [1.82, 2.24) is 9.78 Å². The minimum absolute atomic E-state index is 0.192. The van der Waals surface area contributed by atoms with E-state index in [1.54, 1.807) is 6.07 Å². The lowest BCUT2D eigenvalue weighted by Crippen LogP contribution is -2.12. The van der Waals surface area contributed by atoms with Crippen LogP contribution in [0.25, 0.3) is 22.2 Å². The smallest absolute Gasteiger partial charge is 0.132 e. The molecule has 0 unspecified atom stereocenters. The molecule has 0 radical (unpaired) electrons. The molecule has 2 heterocycles. The molecule has 4 heteroatoms. The number of rotatable bonds is 0. The third kappa shape index (κ3) is 1.53. The third-order valence-electron chi connectivity index (χ3n) is 3.93. The molecular weight excluding hydrogens is 275 g/mol. The zero-order valence-electron chi connectivity index (χ0n) is 11.0. The normalized spacial score (nSPS) is 13.3. The Morgan fingerprint density at radius 3 is 3.00 bits per heavy atom. The van der Waals surface area contributed by atoms with Crippen LogP contribution in [0.2, 0.25) is 5.02 Å². The zero-order valence-corrected chi connectivity index (χ0v) is 11.7. The van der Waals surface area contributed by atoms with Gasteiger partial charge >= 0.3 is 0 Å². The van der Waals surface area contributed by atoms with E-state index < -0.39 is 0 Å². The molecule has 0 spiro atoms. The lowest BCUT2D eigenvalue weighted by molar-refractivity contribution is 0.586. The van der Waals surface area contributed by atoms with Crippen LogP contribution in [-0.2, 0) is 13.0 Å². The van der Waals surface area contributed by atoms with E-state index in [-0.39, 0.29) is 5.82 Å². The molecule has 2 nitrogen and oxygen atoms in total. The van der Waals surface area contributed by atoms with Crippen LogP contribution >= 0.6 is 11.6 Å². The first-order valence-corrected chi connectivity index (χ1v) is 6.97. The summed E-state index contributed by atoms with van der Waals surface area (Å²) in [5.74, 6) is -0.192. The van der Waals surface area contributed by atoms with E-state index in [1.165, 1.54) is 6.07 Å². The van der Waals surface area contributed by atoms with Gasteiger partial charge in [-0.3, -0.25) is 4.68 Å². The first kappa shape index (κ1) is 11.9. The lowest BCUT2D eigenvalue weighted by Gasteiger charge is -2.18. The Kier molecular flexibility index (Phi) is 2.42. The van der Waals surface area contributed by atoms with Crippen LogP contribution in [0.1, 0.15) is 11.1 Å². The minimum atomic E-state index is -0.192. The van der Waals surface area contributed by atoms with Crippen LogP contribution in [0.4, 0.5) is 4.39 Å². The van der Waals surface area contributed by atoms with Crippen LogP contribution in [0.3, 0.4) is 0 Å². The van der Waals surface area contributed by atoms with Gasteiger partial charge in [-0.15, -0.1) is 0 Å². The Morgan fingerprint density at radius 1 is 1.30 bits per heavy atom. The summed E-state index contributed by atoms with van der Waals surface area (Å²) in [5, 5.41) is 6.22. The molecule has 0 atom stereocenters. The van der Waals surface area contributed by atoms with Crippen molar-refractivity contribution in [3.8, 4) is 11.3 Å². The maximum Gasteiger partial charge on any atom is 0.132 e. The van der Waals surface area contributed by atoms with Gasteiger partial charge in [-0.1, -0.05) is 23.7 Å². The molecule has 0 saturated carbocycles.